The molecule has 0 fully saturated rings. The van der Waals surface area contributed by atoms with E-state index in [1.807, 2.05) is 12.1 Å². The van der Waals surface area contributed by atoms with Gasteiger partial charge in [0.2, 0.25) is 11.6 Å². The minimum atomic E-state index is 0.385. The molecule has 0 N–H and O–H groups in total. The van der Waals surface area contributed by atoms with Crippen LogP contribution in [0, 0.1) is 0 Å². The molecule has 0 amide bonds. The van der Waals surface area contributed by atoms with E-state index in [-0.39, 0.29) is 0 Å². The third-order valence-corrected chi connectivity index (χ3v) is 2.78. The van der Waals surface area contributed by atoms with E-state index >= 15 is 0 Å². The topological polar surface area (TPSA) is 38.9 Å². The van der Waals surface area contributed by atoms with Gasteiger partial charge in [0.1, 0.15) is 10.7 Å². The molecule has 0 atom stereocenters. The molecule has 0 aliphatic heterocycles. The number of benzene rings is 1. The molecule has 2 heterocycles. The van der Waals surface area contributed by atoms with E-state index in [4.69, 9.17) is 27.6 Å². The maximum Gasteiger partial charge on any atom is 0.248 e. The molecule has 1 aromatic carbocycles. The Balaban J connectivity index is 2.14. The van der Waals surface area contributed by atoms with Crippen LogP contribution in [0.4, 0.5) is 0 Å². The van der Waals surface area contributed by atoms with Gasteiger partial charge in [0, 0.05) is 10.6 Å². The van der Waals surface area contributed by atoms with Crippen molar-refractivity contribution in [3.8, 4) is 11.5 Å². The first-order valence-electron chi connectivity index (χ1n) is 4.91. The van der Waals surface area contributed by atoms with Crippen LogP contribution in [0.25, 0.3) is 22.7 Å². The van der Waals surface area contributed by atoms with E-state index in [2.05, 4.69) is 9.97 Å². The van der Waals surface area contributed by atoms with E-state index < -0.39 is 0 Å². The molecular formula is C12H6Cl2N2O. The van der Waals surface area contributed by atoms with Gasteiger partial charge in [0.05, 0.1) is 0 Å². The van der Waals surface area contributed by atoms with Gasteiger partial charge in [0.15, 0.2) is 0 Å². The highest BCUT2D eigenvalue weighted by Crippen LogP contribution is 2.25. The maximum atomic E-state index is 5.82. The van der Waals surface area contributed by atoms with Crippen molar-refractivity contribution in [1.82, 2.24) is 9.97 Å². The average Bonchev–Trinajstić information content (AvgIpc) is 2.72. The Labute approximate surface area is 107 Å². The highest BCUT2D eigenvalue weighted by molar-refractivity contribution is 6.30. The molecule has 0 saturated carbocycles. The smallest absolute Gasteiger partial charge is 0.248 e. The molecule has 0 saturated heterocycles. The quantitative estimate of drug-likeness (QED) is 0.619. The minimum absolute atomic E-state index is 0.385. The van der Waals surface area contributed by atoms with Crippen LogP contribution in [0.2, 0.25) is 10.2 Å². The zero-order valence-electron chi connectivity index (χ0n) is 8.52. The zero-order valence-corrected chi connectivity index (χ0v) is 10.0. The summed E-state index contributed by atoms with van der Waals surface area (Å²) in [6.07, 6.45) is 0. The lowest BCUT2D eigenvalue weighted by atomic mass is 10.2. The predicted molar refractivity (Wildman–Crippen MR) is 67.3 cm³/mol. The molecule has 0 spiro atoms. The summed E-state index contributed by atoms with van der Waals surface area (Å²) in [7, 11) is 0. The van der Waals surface area contributed by atoms with Crippen molar-refractivity contribution in [2.24, 2.45) is 0 Å². The molecule has 3 aromatic rings. The Morgan fingerprint density at radius 3 is 2.41 bits per heavy atom. The van der Waals surface area contributed by atoms with Crippen molar-refractivity contribution in [2.45, 2.75) is 0 Å². The monoisotopic (exact) mass is 264 g/mol. The second kappa shape index (κ2) is 4.02. The number of hydrogen-bond acceptors (Lipinski definition) is 3. The van der Waals surface area contributed by atoms with Gasteiger partial charge in [-0.3, -0.25) is 0 Å². The lowest BCUT2D eigenvalue weighted by Crippen LogP contribution is -1.75. The second-order valence-corrected chi connectivity index (χ2v) is 4.31. The summed E-state index contributed by atoms with van der Waals surface area (Å²) >= 11 is 11.6. The van der Waals surface area contributed by atoms with Crippen LogP contribution in [0.5, 0.6) is 0 Å². The second-order valence-electron chi connectivity index (χ2n) is 3.48. The summed E-state index contributed by atoms with van der Waals surface area (Å²) < 4.78 is 5.53. The number of fused-ring (bicyclic) bond motifs is 1. The number of pyridine rings is 1. The number of halogens is 2. The molecule has 0 radical (unpaired) electrons. The third kappa shape index (κ3) is 1.99. The molecule has 17 heavy (non-hydrogen) atoms. The van der Waals surface area contributed by atoms with Crippen LogP contribution in [-0.4, -0.2) is 9.97 Å². The van der Waals surface area contributed by atoms with E-state index in [1.165, 1.54) is 0 Å². The summed E-state index contributed by atoms with van der Waals surface area (Å²) in [5.41, 5.74) is 1.96. The van der Waals surface area contributed by atoms with Crippen LogP contribution in [0.3, 0.4) is 0 Å². The number of oxazole rings is 1. The van der Waals surface area contributed by atoms with Crippen molar-refractivity contribution in [3.05, 3.63) is 46.6 Å². The molecule has 0 aliphatic carbocycles. The highest BCUT2D eigenvalue weighted by atomic mass is 35.5. The standard InChI is InChI=1S/C12H6Cl2N2O/c13-8-3-1-7(2-4-8)11-15-9-5-6-10(14)16-12(9)17-11/h1-6H. The van der Waals surface area contributed by atoms with Crippen LogP contribution in [0.15, 0.2) is 40.8 Å². The Morgan fingerprint density at radius 2 is 1.65 bits per heavy atom. The molecule has 3 rings (SSSR count). The highest BCUT2D eigenvalue weighted by Gasteiger charge is 2.09. The molecule has 0 unspecified atom stereocenters. The zero-order chi connectivity index (χ0) is 11.8. The van der Waals surface area contributed by atoms with Crippen LogP contribution in [0.1, 0.15) is 0 Å². The molecule has 0 bridgehead atoms. The van der Waals surface area contributed by atoms with Crippen molar-refractivity contribution in [1.29, 1.82) is 0 Å². The van der Waals surface area contributed by atoms with Crippen LogP contribution >= 0.6 is 23.2 Å². The van der Waals surface area contributed by atoms with E-state index in [0.717, 1.165) is 5.56 Å². The van der Waals surface area contributed by atoms with Crippen molar-refractivity contribution in [2.75, 3.05) is 0 Å². The molecular weight excluding hydrogens is 259 g/mol. The fraction of sp³-hybridized carbons (Fsp3) is 0. The van der Waals surface area contributed by atoms with Crippen molar-refractivity contribution < 1.29 is 4.42 Å². The normalized spacial score (nSPS) is 10.9. The third-order valence-electron chi connectivity index (χ3n) is 2.31. The number of aromatic nitrogens is 2. The molecule has 0 aliphatic rings. The molecule has 2 aromatic heterocycles. The lowest BCUT2D eigenvalue weighted by molar-refractivity contribution is 0.608. The lowest BCUT2D eigenvalue weighted by Gasteiger charge is -1.93. The fourth-order valence-corrected chi connectivity index (χ4v) is 1.78. The first kappa shape index (κ1) is 10.6. The first-order valence-corrected chi connectivity index (χ1v) is 5.67. The maximum absolute atomic E-state index is 5.82. The summed E-state index contributed by atoms with van der Waals surface area (Å²) in [5.74, 6) is 0.506. The molecule has 84 valence electrons. The summed E-state index contributed by atoms with van der Waals surface area (Å²) in [6.45, 7) is 0. The Hall–Kier alpha value is -1.58. The number of nitrogens with zero attached hydrogens (tertiary/aromatic N) is 2. The Kier molecular flexibility index (Phi) is 2.50. The largest absolute Gasteiger partial charge is 0.418 e. The number of hydrogen-bond donors (Lipinski definition) is 0. The van der Waals surface area contributed by atoms with Gasteiger partial charge in [0.25, 0.3) is 0 Å². The van der Waals surface area contributed by atoms with Gasteiger partial charge >= 0.3 is 0 Å². The van der Waals surface area contributed by atoms with Gasteiger partial charge in [-0.25, -0.2) is 4.98 Å². The summed E-state index contributed by atoms with van der Waals surface area (Å²) in [5, 5.41) is 1.06. The average molecular weight is 265 g/mol. The van der Waals surface area contributed by atoms with Gasteiger partial charge in [-0.05, 0) is 36.4 Å². The predicted octanol–water partition coefficient (Wildman–Crippen LogP) is 4.20. The van der Waals surface area contributed by atoms with E-state index in [9.17, 15) is 0 Å². The van der Waals surface area contributed by atoms with E-state index in [1.54, 1.807) is 24.3 Å². The Morgan fingerprint density at radius 1 is 0.882 bits per heavy atom. The van der Waals surface area contributed by atoms with E-state index in [0.29, 0.717) is 27.3 Å². The summed E-state index contributed by atoms with van der Waals surface area (Å²) in [4.78, 5) is 8.37. The number of rotatable bonds is 1. The SMILES string of the molecule is Clc1ccc(-c2nc3ccc(Cl)nc3o2)cc1. The van der Waals surface area contributed by atoms with Gasteiger partial charge < -0.3 is 4.42 Å². The fourth-order valence-electron chi connectivity index (χ4n) is 1.51. The van der Waals surface area contributed by atoms with Crippen molar-refractivity contribution in [3.63, 3.8) is 0 Å². The first-order chi connectivity index (χ1) is 8.22. The minimum Gasteiger partial charge on any atom is -0.418 e. The van der Waals surface area contributed by atoms with Gasteiger partial charge in [-0.1, -0.05) is 23.2 Å². The molecule has 3 nitrogen and oxygen atoms in total. The van der Waals surface area contributed by atoms with Crippen molar-refractivity contribution >= 4 is 34.4 Å². The Bertz CT molecular complexity index is 677. The van der Waals surface area contributed by atoms with Crippen LogP contribution < -0.4 is 0 Å². The summed E-state index contributed by atoms with van der Waals surface area (Å²) in [6, 6.07) is 10.7. The molecule has 5 heteroatoms. The van der Waals surface area contributed by atoms with Gasteiger partial charge in [-0.2, -0.15) is 4.98 Å². The van der Waals surface area contributed by atoms with Crippen LogP contribution in [-0.2, 0) is 0 Å². The van der Waals surface area contributed by atoms with Gasteiger partial charge in [-0.15, -0.1) is 0 Å².